The van der Waals surface area contributed by atoms with Crippen LogP contribution in [0.1, 0.15) is 32.3 Å². The third-order valence-corrected chi connectivity index (χ3v) is 4.13. The van der Waals surface area contributed by atoms with Crippen LogP contribution in [0.4, 0.5) is 8.78 Å². The van der Waals surface area contributed by atoms with E-state index < -0.39 is 17.7 Å². The standard InChI is InChI=1S/C19H29F2NO3/c1-14(2)12-24-13-17(23)10-22(11-18-4-3-7-25-18)9-15-5-6-16(20)8-19(15)21/h5-6,8,14,17-18,23H,3-4,7,9-13H2,1-2H3. The van der Waals surface area contributed by atoms with Gasteiger partial charge in [0.25, 0.3) is 0 Å². The fraction of sp³-hybridized carbons (Fsp3) is 0.684. The van der Waals surface area contributed by atoms with E-state index in [1.165, 1.54) is 12.1 Å². The highest BCUT2D eigenvalue weighted by Crippen LogP contribution is 2.17. The van der Waals surface area contributed by atoms with Crippen molar-refractivity contribution in [3.63, 3.8) is 0 Å². The van der Waals surface area contributed by atoms with Crippen LogP contribution in [-0.2, 0) is 16.0 Å². The number of hydrogen-bond donors (Lipinski definition) is 1. The Morgan fingerprint density at radius 1 is 1.32 bits per heavy atom. The Labute approximate surface area is 148 Å². The number of ether oxygens (including phenoxy) is 2. The zero-order valence-corrected chi connectivity index (χ0v) is 15.1. The molecule has 1 aliphatic rings. The van der Waals surface area contributed by atoms with Gasteiger partial charge in [-0.15, -0.1) is 0 Å². The molecule has 0 radical (unpaired) electrons. The van der Waals surface area contributed by atoms with Crippen LogP contribution in [0.25, 0.3) is 0 Å². The molecule has 1 aromatic carbocycles. The largest absolute Gasteiger partial charge is 0.389 e. The number of rotatable bonds is 10. The normalized spacial score (nSPS) is 19.1. The summed E-state index contributed by atoms with van der Waals surface area (Å²) in [6.07, 6.45) is 1.40. The molecule has 0 amide bonds. The van der Waals surface area contributed by atoms with Crippen LogP contribution in [0.15, 0.2) is 18.2 Å². The maximum atomic E-state index is 14.0. The highest BCUT2D eigenvalue weighted by atomic mass is 19.1. The molecular weight excluding hydrogens is 328 g/mol. The fourth-order valence-corrected chi connectivity index (χ4v) is 2.96. The van der Waals surface area contributed by atoms with E-state index in [1.54, 1.807) is 0 Å². The lowest BCUT2D eigenvalue weighted by molar-refractivity contribution is -0.00411. The molecule has 1 heterocycles. The molecule has 2 unspecified atom stereocenters. The van der Waals surface area contributed by atoms with Crippen LogP contribution in [0.5, 0.6) is 0 Å². The maximum absolute atomic E-state index is 14.0. The molecule has 1 saturated heterocycles. The first-order valence-corrected chi connectivity index (χ1v) is 8.97. The Morgan fingerprint density at radius 3 is 2.76 bits per heavy atom. The van der Waals surface area contributed by atoms with Gasteiger partial charge in [0.2, 0.25) is 0 Å². The van der Waals surface area contributed by atoms with Crippen LogP contribution >= 0.6 is 0 Å². The van der Waals surface area contributed by atoms with Gasteiger partial charge in [-0.2, -0.15) is 0 Å². The SMILES string of the molecule is CC(C)COCC(O)CN(Cc1ccc(F)cc1F)CC1CCCO1. The average molecular weight is 357 g/mol. The number of halogens is 2. The number of hydrogen-bond acceptors (Lipinski definition) is 4. The Bertz CT molecular complexity index is 521. The monoisotopic (exact) mass is 357 g/mol. The third kappa shape index (κ3) is 7.36. The second-order valence-corrected chi connectivity index (χ2v) is 7.15. The summed E-state index contributed by atoms with van der Waals surface area (Å²) in [6, 6.07) is 3.60. The summed E-state index contributed by atoms with van der Waals surface area (Å²) >= 11 is 0. The summed E-state index contributed by atoms with van der Waals surface area (Å²) in [4.78, 5) is 1.95. The fourth-order valence-electron chi connectivity index (χ4n) is 2.96. The predicted molar refractivity (Wildman–Crippen MR) is 92.3 cm³/mol. The second-order valence-electron chi connectivity index (χ2n) is 7.15. The van der Waals surface area contributed by atoms with E-state index in [-0.39, 0.29) is 12.7 Å². The minimum atomic E-state index is -0.663. The van der Waals surface area contributed by atoms with Crippen LogP contribution in [0.3, 0.4) is 0 Å². The molecule has 2 rings (SSSR count). The summed E-state index contributed by atoms with van der Waals surface area (Å²) in [6.45, 7) is 6.94. The first kappa shape index (κ1) is 20.2. The zero-order valence-electron chi connectivity index (χ0n) is 15.1. The molecule has 4 nitrogen and oxygen atoms in total. The van der Waals surface area contributed by atoms with Gasteiger partial charge in [-0.25, -0.2) is 8.78 Å². The van der Waals surface area contributed by atoms with Crippen molar-refractivity contribution in [3.8, 4) is 0 Å². The van der Waals surface area contributed by atoms with Crippen LogP contribution in [0.2, 0.25) is 0 Å². The lowest BCUT2D eigenvalue weighted by Crippen LogP contribution is -2.39. The number of nitrogens with zero attached hydrogens (tertiary/aromatic N) is 1. The van der Waals surface area contributed by atoms with Crippen molar-refractivity contribution in [3.05, 3.63) is 35.4 Å². The summed E-state index contributed by atoms with van der Waals surface area (Å²) in [5.74, 6) is -0.750. The van der Waals surface area contributed by atoms with Crippen LogP contribution in [0, 0.1) is 17.6 Å². The van der Waals surface area contributed by atoms with E-state index in [9.17, 15) is 13.9 Å². The molecular formula is C19H29F2NO3. The van der Waals surface area contributed by atoms with Gasteiger partial charge in [-0.3, -0.25) is 4.90 Å². The molecule has 1 fully saturated rings. The Balaban J connectivity index is 1.94. The second kappa shape index (κ2) is 10.2. The van der Waals surface area contributed by atoms with Crippen molar-refractivity contribution in [1.29, 1.82) is 0 Å². The van der Waals surface area contributed by atoms with E-state index in [0.717, 1.165) is 25.5 Å². The molecule has 0 bridgehead atoms. The minimum Gasteiger partial charge on any atom is -0.389 e. The molecule has 1 aromatic rings. The first-order chi connectivity index (χ1) is 11.9. The molecule has 1 aliphatic heterocycles. The van der Waals surface area contributed by atoms with Gasteiger partial charge in [-0.1, -0.05) is 19.9 Å². The van der Waals surface area contributed by atoms with Gasteiger partial charge >= 0.3 is 0 Å². The average Bonchev–Trinajstić information content (AvgIpc) is 3.02. The summed E-state index contributed by atoms with van der Waals surface area (Å²) in [5, 5.41) is 10.2. The Kier molecular flexibility index (Phi) is 8.22. The van der Waals surface area contributed by atoms with Crippen LogP contribution in [-0.4, -0.2) is 55.1 Å². The summed E-state index contributed by atoms with van der Waals surface area (Å²) in [7, 11) is 0. The van der Waals surface area contributed by atoms with Crippen molar-refractivity contribution in [2.75, 3.05) is 32.9 Å². The Hall–Kier alpha value is -1.08. The van der Waals surface area contributed by atoms with E-state index in [1.807, 2.05) is 18.7 Å². The lowest BCUT2D eigenvalue weighted by Gasteiger charge is -2.27. The molecule has 6 heteroatoms. The first-order valence-electron chi connectivity index (χ1n) is 8.97. The zero-order chi connectivity index (χ0) is 18.2. The van der Waals surface area contributed by atoms with Gasteiger partial charge in [0.15, 0.2) is 0 Å². The lowest BCUT2D eigenvalue weighted by atomic mass is 10.1. The molecule has 0 aliphatic carbocycles. The van der Waals surface area contributed by atoms with Crippen molar-refractivity contribution in [2.24, 2.45) is 5.92 Å². The molecule has 25 heavy (non-hydrogen) atoms. The molecule has 1 N–H and O–H groups in total. The van der Waals surface area contributed by atoms with Gasteiger partial charge in [0.1, 0.15) is 11.6 Å². The number of aliphatic hydroxyl groups is 1. The van der Waals surface area contributed by atoms with Gasteiger partial charge in [0, 0.05) is 44.5 Å². The van der Waals surface area contributed by atoms with Gasteiger partial charge < -0.3 is 14.6 Å². The smallest absolute Gasteiger partial charge is 0.130 e. The topological polar surface area (TPSA) is 41.9 Å². The number of benzene rings is 1. The molecule has 142 valence electrons. The van der Waals surface area contributed by atoms with Crippen molar-refractivity contribution in [1.82, 2.24) is 4.90 Å². The summed E-state index contributed by atoms with van der Waals surface area (Å²) < 4.78 is 38.2. The van der Waals surface area contributed by atoms with Gasteiger partial charge in [-0.05, 0) is 24.8 Å². The molecule has 0 saturated carbocycles. The van der Waals surface area contributed by atoms with E-state index in [4.69, 9.17) is 9.47 Å². The minimum absolute atomic E-state index is 0.0901. The van der Waals surface area contributed by atoms with Crippen molar-refractivity contribution >= 4 is 0 Å². The quantitative estimate of drug-likeness (QED) is 0.699. The van der Waals surface area contributed by atoms with Gasteiger partial charge in [0.05, 0.1) is 18.8 Å². The van der Waals surface area contributed by atoms with E-state index >= 15 is 0 Å². The van der Waals surface area contributed by atoms with Crippen LogP contribution < -0.4 is 0 Å². The summed E-state index contributed by atoms with van der Waals surface area (Å²) in [5.41, 5.74) is 0.412. The van der Waals surface area contributed by atoms with E-state index in [0.29, 0.717) is 37.7 Å². The highest BCUT2D eigenvalue weighted by molar-refractivity contribution is 5.18. The Morgan fingerprint density at radius 2 is 2.12 bits per heavy atom. The molecule has 0 aromatic heterocycles. The predicted octanol–water partition coefficient (Wildman–Crippen LogP) is 2.98. The highest BCUT2D eigenvalue weighted by Gasteiger charge is 2.22. The molecule has 2 atom stereocenters. The number of aliphatic hydroxyl groups excluding tert-OH is 1. The van der Waals surface area contributed by atoms with E-state index in [2.05, 4.69) is 0 Å². The van der Waals surface area contributed by atoms with Crippen molar-refractivity contribution in [2.45, 2.75) is 45.4 Å². The maximum Gasteiger partial charge on any atom is 0.130 e. The third-order valence-electron chi connectivity index (χ3n) is 4.13. The van der Waals surface area contributed by atoms with Crippen molar-refractivity contribution < 1.29 is 23.4 Å². The molecule has 0 spiro atoms.